The molecular weight excluding hydrogens is 340 g/mol. The van der Waals surface area contributed by atoms with Gasteiger partial charge >= 0.3 is 5.97 Å². The fraction of sp³-hybridized carbons (Fsp3) is 0.364. The Morgan fingerprint density at radius 3 is 2.22 bits per heavy atom. The van der Waals surface area contributed by atoms with Gasteiger partial charge in [-0.3, -0.25) is 4.79 Å². The lowest BCUT2D eigenvalue weighted by Crippen LogP contribution is -2.27. The molecule has 140 valence electrons. The molecule has 0 amide bonds. The van der Waals surface area contributed by atoms with Crippen LogP contribution in [0.2, 0.25) is 0 Å². The molecule has 0 heterocycles. The van der Waals surface area contributed by atoms with Crippen molar-refractivity contribution in [3.05, 3.63) is 54.1 Å². The van der Waals surface area contributed by atoms with E-state index in [1.807, 2.05) is 52.0 Å². The number of nitrogens with zero attached hydrogens (tertiary/aromatic N) is 1. The van der Waals surface area contributed by atoms with Crippen molar-refractivity contribution in [2.75, 3.05) is 5.73 Å². The summed E-state index contributed by atoms with van der Waals surface area (Å²) in [7, 11) is 0. The highest BCUT2D eigenvalue weighted by Crippen LogP contribution is 2.79. The van der Waals surface area contributed by atoms with Gasteiger partial charge in [-0.15, -0.1) is 5.26 Å². The van der Waals surface area contributed by atoms with Gasteiger partial charge in [0, 0.05) is 5.69 Å². The van der Waals surface area contributed by atoms with Crippen LogP contribution < -0.4 is 10.5 Å². The molecule has 1 fully saturated rings. The van der Waals surface area contributed by atoms with Crippen molar-refractivity contribution >= 4 is 11.7 Å². The van der Waals surface area contributed by atoms with E-state index in [0.29, 0.717) is 23.6 Å². The van der Waals surface area contributed by atoms with E-state index in [4.69, 9.17) is 20.5 Å². The minimum Gasteiger partial charge on any atom is -0.457 e. The molecule has 0 atom stereocenters. The van der Waals surface area contributed by atoms with Gasteiger partial charge in [0.2, 0.25) is 0 Å². The Morgan fingerprint density at radius 2 is 1.67 bits per heavy atom. The predicted molar refractivity (Wildman–Crippen MR) is 103 cm³/mol. The van der Waals surface area contributed by atoms with Crippen LogP contribution in [-0.2, 0) is 16.0 Å². The molecule has 2 aromatic carbocycles. The zero-order valence-electron chi connectivity index (χ0n) is 16.1. The van der Waals surface area contributed by atoms with Gasteiger partial charge in [0.1, 0.15) is 11.5 Å². The first-order valence-electron chi connectivity index (χ1n) is 8.88. The number of nitrogens with two attached hydrogens (primary N) is 1. The van der Waals surface area contributed by atoms with E-state index in [1.165, 1.54) is 6.26 Å². The van der Waals surface area contributed by atoms with Gasteiger partial charge in [0.25, 0.3) is 6.26 Å². The fourth-order valence-corrected chi connectivity index (χ4v) is 4.28. The van der Waals surface area contributed by atoms with Crippen molar-refractivity contribution in [1.82, 2.24) is 0 Å². The maximum Gasteiger partial charge on any atom is 0.329 e. The van der Waals surface area contributed by atoms with Crippen molar-refractivity contribution in [3.63, 3.8) is 0 Å². The van der Waals surface area contributed by atoms with E-state index in [2.05, 4.69) is 0 Å². The molecule has 1 saturated carbocycles. The van der Waals surface area contributed by atoms with Gasteiger partial charge in [-0.25, -0.2) is 0 Å². The number of ether oxygens (including phenoxy) is 2. The van der Waals surface area contributed by atoms with Gasteiger partial charge in [-0.2, -0.15) is 0 Å². The van der Waals surface area contributed by atoms with Crippen molar-refractivity contribution in [1.29, 1.82) is 5.26 Å². The summed E-state index contributed by atoms with van der Waals surface area (Å²) in [5.74, 6) is 0.897. The molecule has 5 nitrogen and oxygen atoms in total. The number of esters is 1. The van der Waals surface area contributed by atoms with Crippen LogP contribution in [0, 0.1) is 27.8 Å². The van der Waals surface area contributed by atoms with Crippen molar-refractivity contribution < 1.29 is 14.3 Å². The molecule has 1 aliphatic rings. The van der Waals surface area contributed by atoms with Crippen LogP contribution >= 0.6 is 0 Å². The summed E-state index contributed by atoms with van der Waals surface area (Å²) in [5.41, 5.74) is 6.00. The first kappa shape index (κ1) is 18.8. The number of hydrogen-bond donors (Lipinski definition) is 1. The summed E-state index contributed by atoms with van der Waals surface area (Å²) in [6.07, 6.45) is 2.02. The van der Waals surface area contributed by atoms with E-state index >= 15 is 0 Å². The molecule has 0 aromatic heterocycles. The van der Waals surface area contributed by atoms with Crippen molar-refractivity contribution in [2.24, 2.45) is 16.2 Å². The molecular formula is C22H24N2O3. The number of nitrogen functional groups attached to an aromatic ring is 1. The SMILES string of the molecule is CC1(C)C(C)(C)C1(Cc1cccc(Oc2ccc(N)cc2)c1)C(=O)OC#N. The first-order chi connectivity index (χ1) is 12.7. The molecule has 27 heavy (non-hydrogen) atoms. The Hall–Kier alpha value is -3.00. The number of carbonyl (C=O) groups is 1. The Balaban J connectivity index is 1.87. The largest absolute Gasteiger partial charge is 0.457 e. The second-order valence-electron chi connectivity index (χ2n) is 8.13. The molecule has 0 radical (unpaired) electrons. The Morgan fingerprint density at radius 1 is 1.04 bits per heavy atom. The lowest BCUT2D eigenvalue weighted by atomic mass is 9.87. The third kappa shape index (κ3) is 2.82. The zero-order chi connectivity index (χ0) is 19.9. The number of hydrogen-bond acceptors (Lipinski definition) is 5. The predicted octanol–water partition coefficient (Wildman–Crippen LogP) is 4.68. The number of carbonyl (C=O) groups excluding carboxylic acids is 1. The minimum absolute atomic E-state index is 0.290. The Bertz CT molecular complexity index is 894. The van der Waals surface area contributed by atoms with E-state index in [9.17, 15) is 4.79 Å². The minimum atomic E-state index is -0.754. The van der Waals surface area contributed by atoms with Crippen LogP contribution in [0.5, 0.6) is 11.5 Å². The first-order valence-corrected chi connectivity index (χ1v) is 8.88. The van der Waals surface area contributed by atoms with Gasteiger partial charge in [0.05, 0.1) is 5.41 Å². The Labute approximate surface area is 159 Å². The number of rotatable bonds is 5. The van der Waals surface area contributed by atoms with E-state index in [-0.39, 0.29) is 10.8 Å². The second-order valence-corrected chi connectivity index (χ2v) is 8.13. The van der Waals surface area contributed by atoms with Crippen LogP contribution in [0.3, 0.4) is 0 Å². The average molecular weight is 364 g/mol. The quantitative estimate of drug-likeness (QED) is 0.473. The van der Waals surface area contributed by atoms with Gasteiger partial charge < -0.3 is 15.2 Å². The van der Waals surface area contributed by atoms with E-state index < -0.39 is 11.4 Å². The zero-order valence-corrected chi connectivity index (χ0v) is 16.1. The molecule has 0 bridgehead atoms. The van der Waals surface area contributed by atoms with Crippen LogP contribution in [0.15, 0.2) is 48.5 Å². The second kappa shape index (κ2) is 6.31. The highest BCUT2D eigenvalue weighted by Gasteiger charge is 2.81. The standard InChI is InChI=1S/C22H24N2O3/c1-20(2)21(3,4)22(20,19(25)26-14-23)13-15-6-5-7-18(12-15)27-17-10-8-16(24)9-11-17/h5-12H,13,24H2,1-4H3. The van der Waals surface area contributed by atoms with Crippen LogP contribution in [0.1, 0.15) is 33.3 Å². The lowest BCUT2D eigenvalue weighted by molar-refractivity contribution is -0.145. The van der Waals surface area contributed by atoms with Crippen molar-refractivity contribution in [2.45, 2.75) is 34.1 Å². The Kier molecular flexibility index (Phi) is 4.39. The molecule has 3 rings (SSSR count). The normalized spacial score (nSPS) is 18.2. The summed E-state index contributed by atoms with van der Waals surface area (Å²) in [4.78, 5) is 12.7. The van der Waals surface area contributed by atoms with Crippen LogP contribution in [-0.4, -0.2) is 5.97 Å². The summed E-state index contributed by atoms with van der Waals surface area (Å²) in [6.45, 7) is 8.17. The van der Waals surface area contributed by atoms with E-state index in [1.54, 1.807) is 24.3 Å². The number of anilines is 1. The summed E-state index contributed by atoms with van der Waals surface area (Å²) in [5, 5.41) is 8.84. The van der Waals surface area contributed by atoms with Crippen molar-refractivity contribution in [3.8, 4) is 17.8 Å². The highest BCUT2D eigenvalue weighted by molar-refractivity contribution is 5.85. The smallest absolute Gasteiger partial charge is 0.329 e. The number of nitriles is 1. The maximum absolute atomic E-state index is 12.7. The molecule has 1 aliphatic carbocycles. The summed E-state index contributed by atoms with van der Waals surface area (Å²) in [6, 6.07) is 14.8. The van der Waals surface area contributed by atoms with Gasteiger partial charge in [-0.1, -0.05) is 39.8 Å². The topological polar surface area (TPSA) is 85.3 Å². The van der Waals surface area contributed by atoms with Crippen LogP contribution in [0.4, 0.5) is 5.69 Å². The maximum atomic E-state index is 12.7. The van der Waals surface area contributed by atoms with E-state index in [0.717, 1.165) is 5.56 Å². The van der Waals surface area contributed by atoms with Gasteiger partial charge in [-0.05, 0) is 59.2 Å². The molecule has 0 unspecified atom stereocenters. The third-order valence-corrected chi connectivity index (χ3v) is 6.60. The van der Waals surface area contributed by atoms with Crippen LogP contribution in [0.25, 0.3) is 0 Å². The molecule has 5 heteroatoms. The highest BCUT2D eigenvalue weighted by atomic mass is 16.5. The summed E-state index contributed by atoms with van der Waals surface area (Å²) < 4.78 is 10.7. The lowest BCUT2D eigenvalue weighted by Gasteiger charge is -2.18. The monoisotopic (exact) mass is 364 g/mol. The molecule has 2 aromatic rings. The summed E-state index contributed by atoms with van der Waals surface area (Å²) >= 11 is 0. The molecule has 2 N–H and O–H groups in total. The third-order valence-electron chi connectivity index (χ3n) is 6.60. The fourth-order valence-electron chi connectivity index (χ4n) is 4.28. The molecule has 0 spiro atoms. The molecule has 0 aliphatic heterocycles. The molecule has 0 saturated heterocycles. The van der Waals surface area contributed by atoms with Gasteiger partial charge in [0.15, 0.2) is 0 Å². The average Bonchev–Trinajstić information content (AvgIpc) is 2.96. The number of benzene rings is 2.